The van der Waals surface area contributed by atoms with E-state index in [1.54, 1.807) is 14.2 Å². The van der Waals surface area contributed by atoms with Gasteiger partial charge in [-0.2, -0.15) is 0 Å². The van der Waals surface area contributed by atoms with E-state index < -0.39 is 0 Å². The highest BCUT2D eigenvalue weighted by Crippen LogP contribution is 2.44. The van der Waals surface area contributed by atoms with Crippen molar-refractivity contribution in [1.82, 2.24) is 5.32 Å². The second-order valence-electron chi connectivity index (χ2n) is 5.29. The summed E-state index contributed by atoms with van der Waals surface area (Å²) in [5.74, 6) is 1.19. The Hall–Kier alpha value is -1.43. The Morgan fingerprint density at radius 1 is 1.50 bits per heavy atom. The first-order valence-electron chi connectivity index (χ1n) is 6.98. The summed E-state index contributed by atoms with van der Waals surface area (Å²) in [7, 11) is 5.24. The van der Waals surface area contributed by atoms with Crippen molar-refractivity contribution in [3.05, 3.63) is 4.88 Å². The molecule has 0 atom stereocenters. The first-order chi connectivity index (χ1) is 9.58. The van der Waals surface area contributed by atoms with Crippen molar-refractivity contribution in [1.29, 1.82) is 0 Å². The molecule has 0 bridgehead atoms. The quantitative estimate of drug-likeness (QED) is 0.875. The van der Waals surface area contributed by atoms with Gasteiger partial charge in [0.15, 0.2) is 5.75 Å². The number of ether oxygens (including phenoxy) is 1. The first-order valence-corrected chi connectivity index (χ1v) is 7.79. The van der Waals surface area contributed by atoms with Crippen molar-refractivity contribution in [2.45, 2.75) is 25.7 Å². The highest BCUT2D eigenvalue weighted by Gasteiger charge is 2.25. The van der Waals surface area contributed by atoms with Crippen LogP contribution in [0, 0.1) is 5.92 Å². The van der Waals surface area contributed by atoms with Gasteiger partial charge in [0.1, 0.15) is 15.6 Å². The van der Waals surface area contributed by atoms with Crippen LogP contribution in [0.4, 0.5) is 10.7 Å². The van der Waals surface area contributed by atoms with Gasteiger partial charge in [-0.05, 0) is 18.8 Å². The topological polar surface area (TPSA) is 67.6 Å². The number of thiophene rings is 1. The number of nitrogen functional groups attached to an aromatic ring is 1. The lowest BCUT2D eigenvalue weighted by atomic mass is 10.1. The summed E-state index contributed by atoms with van der Waals surface area (Å²) >= 11 is 1.40. The molecule has 3 N–H and O–H groups in total. The first kappa shape index (κ1) is 15.0. The summed E-state index contributed by atoms with van der Waals surface area (Å²) in [5.41, 5.74) is 6.47. The zero-order valence-electron chi connectivity index (χ0n) is 12.4. The largest absolute Gasteiger partial charge is 0.492 e. The molecular formula is C14H23N3O2S. The molecule has 5 nitrogen and oxygen atoms in total. The summed E-state index contributed by atoms with van der Waals surface area (Å²) in [6, 6.07) is 0. The van der Waals surface area contributed by atoms with Gasteiger partial charge in [0, 0.05) is 20.6 Å². The van der Waals surface area contributed by atoms with Crippen LogP contribution in [-0.2, 0) is 0 Å². The number of hydrogen-bond acceptors (Lipinski definition) is 5. The van der Waals surface area contributed by atoms with Crippen LogP contribution in [0.5, 0.6) is 5.75 Å². The standard InChI is InChI=1S/C14H23N3O2S/c1-16-13(18)12-10(15)11(19-3)14(20-12)17(2)8-9-6-4-5-7-9/h9H,4-8,15H2,1-3H3,(H,16,18). The van der Waals surface area contributed by atoms with Crippen molar-refractivity contribution >= 4 is 27.9 Å². The van der Waals surface area contributed by atoms with Crippen molar-refractivity contribution in [3.8, 4) is 5.75 Å². The van der Waals surface area contributed by atoms with Gasteiger partial charge in [0.2, 0.25) is 0 Å². The molecule has 0 saturated heterocycles. The average molecular weight is 297 g/mol. The van der Waals surface area contributed by atoms with E-state index >= 15 is 0 Å². The number of nitrogens with two attached hydrogens (primary N) is 1. The fourth-order valence-corrected chi connectivity index (χ4v) is 3.92. The lowest BCUT2D eigenvalue weighted by Gasteiger charge is -2.22. The third kappa shape index (κ3) is 2.85. The van der Waals surface area contributed by atoms with Gasteiger partial charge in [0.05, 0.1) is 7.11 Å². The van der Waals surface area contributed by atoms with Gasteiger partial charge in [0.25, 0.3) is 5.91 Å². The van der Waals surface area contributed by atoms with Gasteiger partial charge in [-0.3, -0.25) is 4.79 Å². The van der Waals surface area contributed by atoms with Crippen molar-refractivity contribution in [3.63, 3.8) is 0 Å². The van der Waals surface area contributed by atoms with Gasteiger partial charge in [-0.25, -0.2) is 0 Å². The number of nitrogens with one attached hydrogen (secondary N) is 1. The number of rotatable bonds is 5. The Bertz CT molecular complexity index is 481. The molecule has 1 aromatic rings. The van der Waals surface area contributed by atoms with Crippen LogP contribution < -0.4 is 20.7 Å². The SMILES string of the molecule is CNC(=O)c1sc(N(C)CC2CCCC2)c(OC)c1N. The minimum Gasteiger partial charge on any atom is -0.492 e. The summed E-state index contributed by atoms with van der Waals surface area (Å²) in [6.45, 7) is 0.990. The van der Waals surface area contributed by atoms with Crippen LogP contribution in [0.2, 0.25) is 0 Å². The lowest BCUT2D eigenvalue weighted by molar-refractivity contribution is 0.0967. The van der Waals surface area contributed by atoms with Gasteiger partial charge in [-0.1, -0.05) is 12.8 Å². The molecule has 1 heterocycles. The minimum absolute atomic E-state index is 0.161. The average Bonchev–Trinajstić information content (AvgIpc) is 3.05. The monoisotopic (exact) mass is 297 g/mol. The second-order valence-corrected chi connectivity index (χ2v) is 6.29. The normalized spacial score (nSPS) is 15.3. The van der Waals surface area contributed by atoms with Crippen LogP contribution in [0.1, 0.15) is 35.4 Å². The maximum Gasteiger partial charge on any atom is 0.263 e. The number of carbonyl (C=O) groups is 1. The molecule has 6 heteroatoms. The molecule has 0 aromatic carbocycles. The Morgan fingerprint density at radius 3 is 2.70 bits per heavy atom. The van der Waals surface area contributed by atoms with Gasteiger partial charge in [-0.15, -0.1) is 11.3 Å². The van der Waals surface area contributed by atoms with Crippen LogP contribution in [0.25, 0.3) is 0 Å². The third-order valence-electron chi connectivity index (χ3n) is 3.87. The van der Waals surface area contributed by atoms with E-state index in [1.807, 2.05) is 7.05 Å². The van der Waals surface area contributed by atoms with E-state index in [1.165, 1.54) is 37.0 Å². The molecule has 1 saturated carbocycles. The smallest absolute Gasteiger partial charge is 0.263 e. The highest BCUT2D eigenvalue weighted by molar-refractivity contribution is 7.19. The van der Waals surface area contributed by atoms with E-state index in [0.29, 0.717) is 16.3 Å². The lowest BCUT2D eigenvalue weighted by Crippen LogP contribution is -2.23. The fraction of sp³-hybridized carbons (Fsp3) is 0.643. The van der Waals surface area contributed by atoms with E-state index in [9.17, 15) is 4.79 Å². The third-order valence-corrected chi connectivity index (χ3v) is 5.17. The summed E-state index contributed by atoms with van der Waals surface area (Å²) < 4.78 is 5.40. The number of nitrogens with zero attached hydrogens (tertiary/aromatic N) is 1. The Balaban J connectivity index is 2.22. The number of amides is 1. The molecule has 0 aliphatic heterocycles. The molecule has 0 spiro atoms. The van der Waals surface area contributed by atoms with Crippen LogP contribution in [0.3, 0.4) is 0 Å². The minimum atomic E-state index is -0.161. The van der Waals surface area contributed by atoms with Crippen LogP contribution in [-0.4, -0.2) is 33.7 Å². The predicted octanol–water partition coefficient (Wildman–Crippen LogP) is 2.32. The molecule has 1 aliphatic rings. The maximum absolute atomic E-state index is 11.8. The zero-order valence-corrected chi connectivity index (χ0v) is 13.2. The van der Waals surface area contributed by atoms with E-state index in [2.05, 4.69) is 10.2 Å². The summed E-state index contributed by atoms with van der Waals surface area (Å²) in [5, 5.41) is 3.56. The van der Waals surface area contributed by atoms with Crippen molar-refractivity contribution < 1.29 is 9.53 Å². The summed E-state index contributed by atoms with van der Waals surface area (Å²) in [4.78, 5) is 14.5. The number of hydrogen-bond donors (Lipinski definition) is 2. The number of carbonyl (C=O) groups excluding carboxylic acids is 1. The molecule has 1 aliphatic carbocycles. The van der Waals surface area contributed by atoms with E-state index in [-0.39, 0.29) is 5.91 Å². The van der Waals surface area contributed by atoms with E-state index in [0.717, 1.165) is 17.5 Å². The fourth-order valence-electron chi connectivity index (χ4n) is 2.81. The highest BCUT2D eigenvalue weighted by atomic mass is 32.1. The predicted molar refractivity (Wildman–Crippen MR) is 83.9 cm³/mol. The number of anilines is 2. The second kappa shape index (κ2) is 6.35. The molecule has 1 amide bonds. The Kier molecular flexibility index (Phi) is 4.75. The molecule has 0 radical (unpaired) electrons. The zero-order chi connectivity index (χ0) is 14.7. The molecule has 1 fully saturated rings. The number of methoxy groups -OCH3 is 1. The molecule has 0 unspecified atom stereocenters. The van der Waals surface area contributed by atoms with Crippen molar-refractivity contribution in [2.24, 2.45) is 5.92 Å². The molecule has 1 aromatic heterocycles. The van der Waals surface area contributed by atoms with Gasteiger partial charge < -0.3 is 20.7 Å². The Morgan fingerprint density at radius 2 is 2.15 bits per heavy atom. The van der Waals surface area contributed by atoms with E-state index in [4.69, 9.17) is 10.5 Å². The van der Waals surface area contributed by atoms with Gasteiger partial charge >= 0.3 is 0 Å². The molecular weight excluding hydrogens is 274 g/mol. The van der Waals surface area contributed by atoms with Crippen LogP contribution >= 0.6 is 11.3 Å². The Labute approximate surface area is 124 Å². The summed E-state index contributed by atoms with van der Waals surface area (Å²) in [6.07, 6.45) is 5.23. The van der Waals surface area contributed by atoms with Crippen LogP contribution in [0.15, 0.2) is 0 Å². The molecule has 2 rings (SSSR count). The van der Waals surface area contributed by atoms with Crippen molar-refractivity contribution in [2.75, 3.05) is 38.4 Å². The maximum atomic E-state index is 11.8. The molecule has 112 valence electrons. The molecule has 20 heavy (non-hydrogen) atoms.